The monoisotopic (exact) mass is 365 g/mol. The Kier molecular flexibility index (Phi) is 7.09. The van der Waals surface area contributed by atoms with Gasteiger partial charge in [-0.15, -0.1) is 11.8 Å². The molecule has 0 bridgehead atoms. The molecule has 0 aliphatic carbocycles. The zero-order valence-corrected chi connectivity index (χ0v) is 14.8. The summed E-state index contributed by atoms with van der Waals surface area (Å²) in [6, 6.07) is 11.0. The minimum Gasteiger partial charge on any atom is -0.493 e. The van der Waals surface area contributed by atoms with Crippen LogP contribution >= 0.6 is 11.8 Å². The lowest BCUT2D eigenvalue weighted by molar-refractivity contribution is -0.119. The number of methoxy groups -OCH3 is 2. The summed E-state index contributed by atoms with van der Waals surface area (Å²) in [5, 5.41) is 12.9. The Hall–Kier alpha value is -2.25. The van der Waals surface area contributed by atoms with Gasteiger partial charge in [0.2, 0.25) is 5.91 Å². The first-order valence-electron chi connectivity index (χ1n) is 7.58. The van der Waals surface area contributed by atoms with Crippen LogP contribution in [-0.4, -0.2) is 37.5 Å². The van der Waals surface area contributed by atoms with Gasteiger partial charge in [0.05, 0.1) is 26.1 Å². The highest BCUT2D eigenvalue weighted by Crippen LogP contribution is 2.29. The fourth-order valence-electron chi connectivity index (χ4n) is 2.12. The molecule has 7 heteroatoms. The minimum atomic E-state index is -0.862. The second-order valence-corrected chi connectivity index (χ2v) is 6.23. The number of nitrogens with one attached hydrogen (secondary N) is 1. The van der Waals surface area contributed by atoms with E-state index < -0.39 is 6.10 Å². The third-order valence-electron chi connectivity index (χ3n) is 3.47. The topological polar surface area (TPSA) is 67.8 Å². The molecule has 0 fully saturated rings. The summed E-state index contributed by atoms with van der Waals surface area (Å²) in [5.41, 5.74) is 0.615. The lowest BCUT2D eigenvalue weighted by Crippen LogP contribution is -2.29. The summed E-state index contributed by atoms with van der Waals surface area (Å²) < 4.78 is 23.2. The van der Waals surface area contributed by atoms with Crippen LogP contribution in [0.4, 0.5) is 4.39 Å². The molecule has 134 valence electrons. The summed E-state index contributed by atoms with van der Waals surface area (Å²) >= 11 is 1.30. The van der Waals surface area contributed by atoms with Gasteiger partial charge in [-0.05, 0) is 42.0 Å². The van der Waals surface area contributed by atoms with Crippen LogP contribution in [0, 0.1) is 5.82 Å². The first kappa shape index (κ1) is 19.1. The number of thioether (sulfide) groups is 1. The van der Waals surface area contributed by atoms with Gasteiger partial charge in [-0.3, -0.25) is 4.79 Å². The maximum atomic E-state index is 12.8. The predicted octanol–water partition coefficient (Wildman–Crippen LogP) is 2.78. The molecular weight excluding hydrogens is 345 g/mol. The van der Waals surface area contributed by atoms with E-state index >= 15 is 0 Å². The number of benzene rings is 2. The van der Waals surface area contributed by atoms with Crippen molar-refractivity contribution in [1.29, 1.82) is 0 Å². The number of carbonyl (C=O) groups is 1. The molecule has 0 aromatic heterocycles. The van der Waals surface area contributed by atoms with Crippen LogP contribution in [0.15, 0.2) is 47.4 Å². The molecule has 2 aromatic carbocycles. The number of ether oxygens (including phenoxy) is 2. The molecule has 0 radical (unpaired) electrons. The van der Waals surface area contributed by atoms with Gasteiger partial charge in [0.25, 0.3) is 0 Å². The molecule has 0 saturated heterocycles. The molecule has 0 heterocycles. The summed E-state index contributed by atoms with van der Waals surface area (Å²) in [7, 11) is 3.05. The highest BCUT2D eigenvalue weighted by molar-refractivity contribution is 8.00. The highest BCUT2D eigenvalue weighted by atomic mass is 32.2. The molecule has 25 heavy (non-hydrogen) atoms. The maximum absolute atomic E-state index is 12.8. The van der Waals surface area contributed by atoms with E-state index in [0.717, 1.165) is 4.90 Å². The summed E-state index contributed by atoms with van der Waals surface area (Å²) in [6.45, 7) is 0.0816. The average molecular weight is 365 g/mol. The van der Waals surface area contributed by atoms with Crippen LogP contribution in [0.25, 0.3) is 0 Å². The molecule has 0 saturated carbocycles. The molecular formula is C18H20FNO4S. The molecule has 2 aromatic rings. The maximum Gasteiger partial charge on any atom is 0.230 e. The van der Waals surface area contributed by atoms with Crippen LogP contribution in [0.5, 0.6) is 11.5 Å². The average Bonchev–Trinajstić information content (AvgIpc) is 2.64. The van der Waals surface area contributed by atoms with E-state index in [0.29, 0.717) is 17.1 Å². The molecule has 5 nitrogen and oxygen atoms in total. The van der Waals surface area contributed by atoms with E-state index in [-0.39, 0.29) is 24.0 Å². The number of aliphatic hydroxyl groups is 1. The van der Waals surface area contributed by atoms with Crippen molar-refractivity contribution < 1.29 is 23.8 Å². The van der Waals surface area contributed by atoms with Crippen LogP contribution in [0.3, 0.4) is 0 Å². The van der Waals surface area contributed by atoms with Gasteiger partial charge in [-0.2, -0.15) is 0 Å². The van der Waals surface area contributed by atoms with E-state index in [1.165, 1.54) is 38.1 Å². The second kappa shape index (κ2) is 9.29. The van der Waals surface area contributed by atoms with Crippen molar-refractivity contribution >= 4 is 17.7 Å². The van der Waals surface area contributed by atoms with Gasteiger partial charge in [-0.1, -0.05) is 6.07 Å². The number of hydrogen-bond acceptors (Lipinski definition) is 5. The van der Waals surface area contributed by atoms with E-state index in [2.05, 4.69) is 5.32 Å². The van der Waals surface area contributed by atoms with Gasteiger partial charge in [0.15, 0.2) is 11.5 Å². The smallest absolute Gasteiger partial charge is 0.230 e. The third-order valence-corrected chi connectivity index (χ3v) is 4.48. The molecule has 1 unspecified atom stereocenters. The quantitative estimate of drug-likeness (QED) is 0.704. The lowest BCUT2D eigenvalue weighted by Gasteiger charge is -2.15. The van der Waals surface area contributed by atoms with Crippen molar-refractivity contribution in [3.8, 4) is 11.5 Å². The number of aliphatic hydroxyl groups excluding tert-OH is 1. The van der Waals surface area contributed by atoms with Crippen molar-refractivity contribution in [1.82, 2.24) is 5.32 Å². The summed E-state index contributed by atoms with van der Waals surface area (Å²) in [6.07, 6.45) is -0.862. The van der Waals surface area contributed by atoms with Crippen molar-refractivity contribution in [3.63, 3.8) is 0 Å². The van der Waals surface area contributed by atoms with Crippen LogP contribution in [0.1, 0.15) is 11.7 Å². The first-order chi connectivity index (χ1) is 12.0. The molecule has 1 atom stereocenters. The molecule has 1 amide bonds. The highest BCUT2D eigenvalue weighted by Gasteiger charge is 2.13. The fourth-order valence-corrected chi connectivity index (χ4v) is 2.85. The number of halogens is 1. The molecule has 0 aliphatic heterocycles. The van der Waals surface area contributed by atoms with E-state index in [1.54, 1.807) is 30.3 Å². The summed E-state index contributed by atoms with van der Waals surface area (Å²) in [4.78, 5) is 12.7. The van der Waals surface area contributed by atoms with Gasteiger partial charge in [0, 0.05) is 11.4 Å². The normalized spacial score (nSPS) is 11.7. The van der Waals surface area contributed by atoms with Crippen LogP contribution in [0.2, 0.25) is 0 Å². The standard InChI is InChI=1S/C18H20FNO4S/c1-23-16-8-3-12(9-17(16)24-2)15(21)10-20-18(22)11-25-14-6-4-13(19)5-7-14/h3-9,15,21H,10-11H2,1-2H3,(H,20,22). The number of amides is 1. The van der Waals surface area contributed by atoms with Crippen molar-refractivity contribution in [2.24, 2.45) is 0 Å². The largest absolute Gasteiger partial charge is 0.493 e. The van der Waals surface area contributed by atoms with Crippen molar-refractivity contribution in [3.05, 3.63) is 53.8 Å². The SMILES string of the molecule is COc1ccc(C(O)CNC(=O)CSc2ccc(F)cc2)cc1OC. The Morgan fingerprint density at radius 3 is 2.48 bits per heavy atom. The Morgan fingerprint density at radius 1 is 1.16 bits per heavy atom. The Bertz CT molecular complexity index is 709. The molecule has 2 N–H and O–H groups in total. The predicted molar refractivity (Wildman–Crippen MR) is 94.6 cm³/mol. The zero-order chi connectivity index (χ0) is 18.2. The Balaban J connectivity index is 1.83. The van der Waals surface area contributed by atoms with E-state index in [9.17, 15) is 14.3 Å². The number of carbonyl (C=O) groups excluding carboxylic acids is 1. The Labute approximate surface area is 150 Å². The minimum absolute atomic E-state index is 0.0816. The molecule has 2 rings (SSSR count). The van der Waals surface area contributed by atoms with Crippen molar-refractivity contribution in [2.45, 2.75) is 11.0 Å². The molecule has 0 spiro atoms. The van der Waals surface area contributed by atoms with Gasteiger partial charge in [-0.25, -0.2) is 4.39 Å². The second-order valence-electron chi connectivity index (χ2n) is 5.18. The number of rotatable bonds is 8. The van der Waals surface area contributed by atoms with Crippen molar-refractivity contribution in [2.75, 3.05) is 26.5 Å². The van der Waals surface area contributed by atoms with Gasteiger partial charge >= 0.3 is 0 Å². The van der Waals surface area contributed by atoms with Crippen LogP contribution in [-0.2, 0) is 4.79 Å². The number of hydrogen-bond donors (Lipinski definition) is 2. The molecule has 0 aliphatic rings. The van der Waals surface area contributed by atoms with Crippen LogP contribution < -0.4 is 14.8 Å². The fraction of sp³-hybridized carbons (Fsp3) is 0.278. The van der Waals surface area contributed by atoms with Gasteiger partial charge in [0.1, 0.15) is 5.82 Å². The Morgan fingerprint density at radius 2 is 1.84 bits per heavy atom. The lowest BCUT2D eigenvalue weighted by atomic mass is 10.1. The van der Waals surface area contributed by atoms with E-state index in [4.69, 9.17) is 9.47 Å². The zero-order valence-electron chi connectivity index (χ0n) is 14.0. The van der Waals surface area contributed by atoms with E-state index in [1.807, 2.05) is 0 Å². The first-order valence-corrected chi connectivity index (χ1v) is 8.57. The third kappa shape index (κ3) is 5.65. The van der Waals surface area contributed by atoms with Gasteiger partial charge < -0.3 is 19.9 Å². The summed E-state index contributed by atoms with van der Waals surface area (Å²) in [5.74, 6) is 0.737.